The molecule has 3 heteroatoms. The van der Waals surface area contributed by atoms with Crippen LogP contribution >= 0.6 is 11.9 Å². The minimum Gasteiger partial charge on any atom is -0.260 e. The maximum Gasteiger partial charge on any atom is 0.0611 e. The van der Waals surface area contributed by atoms with E-state index in [4.69, 9.17) is 0 Å². The summed E-state index contributed by atoms with van der Waals surface area (Å²) in [7, 11) is 0. The van der Waals surface area contributed by atoms with Crippen LogP contribution in [0, 0.1) is 0 Å². The van der Waals surface area contributed by atoms with Gasteiger partial charge in [-0.25, -0.2) is 4.40 Å². The van der Waals surface area contributed by atoms with Crippen molar-refractivity contribution in [3.05, 3.63) is 24.0 Å². The largest absolute Gasteiger partial charge is 0.260 e. The first-order chi connectivity index (χ1) is 4.97. The number of fused-ring (bicyclic) bond motifs is 1. The predicted octanol–water partition coefficient (Wildman–Crippen LogP) is 1.72. The van der Waals surface area contributed by atoms with Crippen molar-refractivity contribution in [3.63, 3.8) is 0 Å². The van der Waals surface area contributed by atoms with Crippen molar-refractivity contribution in [3.8, 4) is 0 Å². The van der Waals surface area contributed by atoms with Crippen molar-refractivity contribution in [2.45, 2.75) is 11.3 Å². The van der Waals surface area contributed by atoms with E-state index in [1.807, 2.05) is 24.5 Å². The van der Waals surface area contributed by atoms with Gasteiger partial charge < -0.3 is 0 Å². The van der Waals surface area contributed by atoms with Gasteiger partial charge in [0.2, 0.25) is 0 Å². The van der Waals surface area contributed by atoms with Crippen LogP contribution in [0.4, 0.5) is 0 Å². The maximum absolute atomic E-state index is 4.21. The van der Waals surface area contributed by atoms with Crippen LogP contribution in [0.5, 0.6) is 0 Å². The molecule has 0 unspecified atom stereocenters. The molecule has 0 atom stereocenters. The summed E-state index contributed by atoms with van der Waals surface area (Å²) < 4.78 is 4.07. The lowest BCUT2D eigenvalue weighted by molar-refractivity contribution is 1.07. The summed E-state index contributed by atoms with van der Waals surface area (Å²) in [6.45, 7) is 0. The third-order valence-corrected chi connectivity index (χ3v) is 2.18. The van der Waals surface area contributed by atoms with Crippen LogP contribution in [0.2, 0.25) is 0 Å². The molecular formula is C7H6N2S. The lowest BCUT2D eigenvalue weighted by atomic mass is 10.3. The average molecular weight is 150 g/mol. The first-order valence-corrected chi connectivity index (χ1v) is 3.87. The first-order valence-electron chi connectivity index (χ1n) is 3.09. The van der Waals surface area contributed by atoms with Gasteiger partial charge in [-0.05, 0) is 12.1 Å². The molecule has 2 nitrogen and oxygen atoms in total. The second kappa shape index (κ2) is 2.42. The van der Waals surface area contributed by atoms with Gasteiger partial charge in [0.15, 0.2) is 0 Å². The first kappa shape index (κ1) is 5.92. The molecule has 50 valence electrons. The van der Waals surface area contributed by atoms with Gasteiger partial charge in [0.05, 0.1) is 10.6 Å². The highest BCUT2D eigenvalue weighted by molar-refractivity contribution is 7.98. The van der Waals surface area contributed by atoms with E-state index < -0.39 is 0 Å². The molecule has 2 rings (SSSR count). The van der Waals surface area contributed by atoms with E-state index in [-0.39, 0.29) is 0 Å². The van der Waals surface area contributed by atoms with Crippen LogP contribution in [0.1, 0.15) is 5.69 Å². The Morgan fingerprint density at radius 3 is 3.40 bits per heavy atom. The Labute approximate surface area is 63.5 Å². The third kappa shape index (κ3) is 0.926. The van der Waals surface area contributed by atoms with E-state index in [0.29, 0.717) is 0 Å². The van der Waals surface area contributed by atoms with E-state index >= 15 is 0 Å². The monoisotopic (exact) mass is 150 g/mol. The molecule has 0 saturated carbocycles. The highest BCUT2D eigenvalue weighted by Gasteiger charge is 2.04. The van der Waals surface area contributed by atoms with Crippen LogP contribution in [0.3, 0.4) is 0 Å². The molecule has 0 bridgehead atoms. The summed E-state index contributed by atoms with van der Waals surface area (Å²) in [6.07, 6.45) is 4.59. The summed E-state index contributed by atoms with van der Waals surface area (Å²) in [5.74, 6) is 0. The number of hydrogen-bond acceptors (Lipinski definition) is 3. The Hall–Kier alpha value is -0.830. The molecule has 0 saturated heterocycles. The second-order valence-corrected chi connectivity index (χ2v) is 2.86. The molecule has 10 heavy (non-hydrogen) atoms. The van der Waals surface area contributed by atoms with E-state index in [2.05, 4.69) is 9.38 Å². The summed E-state index contributed by atoms with van der Waals surface area (Å²) in [5, 5.41) is 0. The molecular weight excluding hydrogens is 144 g/mol. The number of aromatic nitrogens is 1. The number of rotatable bonds is 0. The fraction of sp³-hybridized carbons (Fsp3) is 0.143. The Kier molecular flexibility index (Phi) is 1.43. The van der Waals surface area contributed by atoms with Crippen molar-refractivity contribution >= 4 is 18.2 Å². The predicted molar refractivity (Wildman–Crippen MR) is 42.3 cm³/mol. The zero-order chi connectivity index (χ0) is 6.81. The van der Waals surface area contributed by atoms with Gasteiger partial charge in [-0.3, -0.25) is 4.98 Å². The fourth-order valence-corrected chi connectivity index (χ4v) is 1.52. The summed E-state index contributed by atoms with van der Waals surface area (Å²) in [4.78, 5) is 5.39. The van der Waals surface area contributed by atoms with Crippen molar-refractivity contribution in [2.75, 3.05) is 0 Å². The molecule has 0 spiro atoms. The Morgan fingerprint density at radius 2 is 2.50 bits per heavy atom. The summed E-state index contributed by atoms with van der Waals surface area (Å²) >= 11 is 1.50. The maximum atomic E-state index is 4.21. The zero-order valence-corrected chi connectivity index (χ0v) is 6.14. The van der Waals surface area contributed by atoms with Gasteiger partial charge >= 0.3 is 0 Å². The molecule has 1 aromatic heterocycles. The van der Waals surface area contributed by atoms with E-state index in [0.717, 1.165) is 12.1 Å². The topological polar surface area (TPSA) is 25.2 Å². The lowest BCUT2D eigenvalue weighted by Crippen LogP contribution is -1.96. The van der Waals surface area contributed by atoms with Crippen LogP contribution < -0.4 is 0 Å². The molecule has 1 aliphatic heterocycles. The van der Waals surface area contributed by atoms with E-state index in [1.54, 1.807) is 0 Å². The van der Waals surface area contributed by atoms with Crippen LogP contribution in [0.15, 0.2) is 27.6 Å². The van der Waals surface area contributed by atoms with Gasteiger partial charge in [-0.1, -0.05) is 0 Å². The highest BCUT2D eigenvalue weighted by atomic mass is 32.2. The Balaban J connectivity index is 2.47. The van der Waals surface area contributed by atoms with Gasteiger partial charge in [0, 0.05) is 30.8 Å². The number of nitrogens with zero attached hydrogens (tertiary/aromatic N) is 2. The fourth-order valence-electron chi connectivity index (χ4n) is 0.877. The smallest absolute Gasteiger partial charge is 0.0611 e. The van der Waals surface area contributed by atoms with Crippen molar-refractivity contribution < 1.29 is 0 Å². The summed E-state index contributed by atoms with van der Waals surface area (Å²) in [5.41, 5.74) is 1.14. The van der Waals surface area contributed by atoms with Gasteiger partial charge in [0.1, 0.15) is 0 Å². The zero-order valence-electron chi connectivity index (χ0n) is 5.32. The van der Waals surface area contributed by atoms with Gasteiger partial charge in [0.25, 0.3) is 0 Å². The molecule has 1 aromatic rings. The molecule has 0 aliphatic carbocycles. The average Bonchev–Trinajstić information content (AvgIpc) is 2.05. The summed E-state index contributed by atoms with van der Waals surface area (Å²) in [6, 6.07) is 3.98. The molecule has 0 radical (unpaired) electrons. The standard InChI is InChI=1S/C7H6N2S/c1-2-7-6(8-4-1)3-5-9-10-7/h1-2,4-5H,3H2. The van der Waals surface area contributed by atoms with Crippen molar-refractivity contribution in [1.82, 2.24) is 4.98 Å². The second-order valence-electron chi connectivity index (χ2n) is 2.03. The van der Waals surface area contributed by atoms with Crippen molar-refractivity contribution in [2.24, 2.45) is 4.40 Å². The molecule has 1 aliphatic rings. The number of pyridine rings is 1. The molecule has 0 fully saturated rings. The lowest BCUT2D eigenvalue weighted by Gasteiger charge is -2.05. The van der Waals surface area contributed by atoms with Crippen LogP contribution in [-0.4, -0.2) is 11.2 Å². The van der Waals surface area contributed by atoms with Gasteiger partial charge in [-0.2, -0.15) is 0 Å². The quantitative estimate of drug-likeness (QED) is 0.526. The van der Waals surface area contributed by atoms with E-state index in [1.165, 1.54) is 16.8 Å². The normalized spacial score (nSPS) is 14.8. The Morgan fingerprint density at radius 1 is 1.50 bits per heavy atom. The minimum atomic E-state index is 0.878. The molecule has 0 N–H and O–H groups in total. The molecule has 0 aromatic carbocycles. The highest BCUT2D eigenvalue weighted by Crippen LogP contribution is 2.24. The van der Waals surface area contributed by atoms with Crippen molar-refractivity contribution in [1.29, 1.82) is 0 Å². The van der Waals surface area contributed by atoms with Gasteiger partial charge in [-0.15, -0.1) is 0 Å². The van der Waals surface area contributed by atoms with Crippen LogP contribution in [0.25, 0.3) is 0 Å². The third-order valence-electron chi connectivity index (χ3n) is 1.36. The van der Waals surface area contributed by atoms with E-state index in [9.17, 15) is 0 Å². The number of hydrogen-bond donors (Lipinski definition) is 0. The van der Waals surface area contributed by atoms with Crippen LogP contribution in [-0.2, 0) is 6.42 Å². The molecule has 2 heterocycles. The SMILES string of the molecule is C1=NSc2cccnc2C1. The molecule has 0 amide bonds. The minimum absolute atomic E-state index is 0.878. The Bertz CT molecular complexity index is 243.